The number of piperidine rings is 1. The van der Waals surface area contributed by atoms with E-state index in [1.807, 2.05) is 25.1 Å². The number of carbonyl (C=O) groups is 1. The zero-order chi connectivity index (χ0) is 18.8. The van der Waals surface area contributed by atoms with Crippen LogP contribution in [0.25, 0.3) is 5.65 Å². The Hall–Kier alpha value is -2.80. The lowest BCUT2D eigenvalue weighted by atomic mass is 10.1. The Labute approximate surface area is 156 Å². The lowest BCUT2D eigenvalue weighted by molar-refractivity contribution is -0.00709. The second kappa shape index (κ2) is 7.44. The molecule has 1 aliphatic rings. The van der Waals surface area contributed by atoms with Crippen molar-refractivity contribution in [1.29, 1.82) is 0 Å². The van der Waals surface area contributed by atoms with Gasteiger partial charge < -0.3 is 9.64 Å². The number of nitrogens with zero attached hydrogens (tertiary/aromatic N) is 4. The van der Waals surface area contributed by atoms with Gasteiger partial charge in [-0.1, -0.05) is 12.1 Å². The highest BCUT2D eigenvalue weighted by atomic mass is 19.1. The first-order chi connectivity index (χ1) is 13.1. The summed E-state index contributed by atoms with van der Waals surface area (Å²) in [6.45, 7) is 3.33. The predicted octanol–water partition coefficient (Wildman–Crippen LogP) is 3.00. The van der Waals surface area contributed by atoms with E-state index in [-0.39, 0.29) is 17.7 Å². The SMILES string of the molecule is Cc1ccc2nc(C(=O)N3CCC[C@H](OCc4cccnc4)C3)c(F)n2c1. The lowest BCUT2D eigenvalue weighted by Crippen LogP contribution is -2.43. The Morgan fingerprint density at radius 1 is 1.37 bits per heavy atom. The number of aromatic nitrogens is 3. The Morgan fingerprint density at radius 2 is 2.26 bits per heavy atom. The summed E-state index contributed by atoms with van der Waals surface area (Å²) >= 11 is 0. The van der Waals surface area contributed by atoms with Crippen molar-refractivity contribution in [2.24, 2.45) is 0 Å². The van der Waals surface area contributed by atoms with Crippen LogP contribution in [0.15, 0.2) is 42.9 Å². The fourth-order valence-electron chi connectivity index (χ4n) is 3.36. The summed E-state index contributed by atoms with van der Waals surface area (Å²) in [6, 6.07) is 7.38. The van der Waals surface area contributed by atoms with Crippen LogP contribution in [0.3, 0.4) is 0 Å². The van der Waals surface area contributed by atoms with E-state index in [0.717, 1.165) is 24.0 Å². The third-order valence-corrected chi connectivity index (χ3v) is 4.78. The molecule has 7 heteroatoms. The minimum absolute atomic E-state index is 0.0785. The summed E-state index contributed by atoms with van der Waals surface area (Å²) in [5.74, 6) is -0.999. The second-order valence-corrected chi connectivity index (χ2v) is 6.87. The number of halogens is 1. The van der Waals surface area contributed by atoms with E-state index < -0.39 is 5.95 Å². The average Bonchev–Trinajstić information content (AvgIpc) is 3.03. The van der Waals surface area contributed by atoms with Crippen molar-refractivity contribution in [3.63, 3.8) is 0 Å². The van der Waals surface area contributed by atoms with Crippen LogP contribution in [-0.2, 0) is 11.3 Å². The van der Waals surface area contributed by atoms with Crippen molar-refractivity contribution in [3.05, 3.63) is 65.6 Å². The van der Waals surface area contributed by atoms with Gasteiger partial charge in [0.2, 0.25) is 5.95 Å². The van der Waals surface area contributed by atoms with Gasteiger partial charge in [0.25, 0.3) is 5.91 Å². The number of pyridine rings is 2. The maximum atomic E-state index is 14.7. The predicted molar refractivity (Wildman–Crippen MR) is 97.8 cm³/mol. The summed E-state index contributed by atoms with van der Waals surface area (Å²) in [6.07, 6.45) is 6.74. The Morgan fingerprint density at radius 3 is 3.07 bits per heavy atom. The van der Waals surface area contributed by atoms with Gasteiger partial charge in [0.1, 0.15) is 5.65 Å². The molecule has 0 spiro atoms. The molecule has 1 saturated heterocycles. The van der Waals surface area contributed by atoms with Crippen LogP contribution in [0.1, 0.15) is 34.5 Å². The van der Waals surface area contributed by atoms with Gasteiger partial charge in [0.15, 0.2) is 5.69 Å². The van der Waals surface area contributed by atoms with Gasteiger partial charge in [-0.2, -0.15) is 4.39 Å². The van der Waals surface area contributed by atoms with E-state index >= 15 is 0 Å². The average molecular weight is 368 g/mol. The van der Waals surface area contributed by atoms with Crippen molar-refractivity contribution in [3.8, 4) is 0 Å². The molecule has 0 aromatic carbocycles. The number of amides is 1. The molecule has 140 valence electrons. The fraction of sp³-hybridized carbons (Fsp3) is 0.350. The summed E-state index contributed by atoms with van der Waals surface area (Å²) in [5, 5.41) is 0. The topological polar surface area (TPSA) is 59.7 Å². The molecule has 1 aliphatic heterocycles. The number of rotatable bonds is 4. The molecule has 4 rings (SSSR count). The van der Waals surface area contributed by atoms with Crippen molar-refractivity contribution in [1.82, 2.24) is 19.3 Å². The minimum atomic E-state index is -0.614. The summed E-state index contributed by atoms with van der Waals surface area (Å²) in [4.78, 5) is 22.7. The Balaban J connectivity index is 1.46. The highest BCUT2D eigenvalue weighted by Gasteiger charge is 2.29. The van der Waals surface area contributed by atoms with Crippen LogP contribution in [0.2, 0.25) is 0 Å². The first-order valence-electron chi connectivity index (χ1n) is 9.06. The monoisotopic (exact) mass is 368 g/mol. The first kappa shape index (κ1) is 17.6. The largest absolute Gasteiger partial charge is 0.372 e. The van der Waals surface area contributed by atoms with E-state index in [1.165, 1.54) is 4.40 Å². The summed E-state index contributed by atoms with van der Waals surface area (Å²) < 4.78 is 22.0. The van der Waals surface area contributed by atoms with Crippen LogP contribution >= 0.6 is 0 Å². The molecule has 4 heterocycles. The number of hydrogen-bond acceptors (Lipinski definition) is 4. The van der Waals surface area contributed by atoms with Gasteiger partial charge in [0, 0.05) is 31.7 Å². The zero-order valence-electron chi connectivity index (χ0n) is 15.1. The molecule has 0 saturated carbocycles. The highest BCUT2D eigenvalue weighted by Crippen LogP contribution is 2.19. The molecule has 0 radical (unpaired) electrons. The zero-order valence-corrected chi connectivity index (χ0v) is 15.1. The molecule has 0 bridgehead atoms. The maximum absolute atomic E-state index is 14.7. The molecule has 0 unspecified atom stereocenters. The number of likely N-dealkylation sites (tertiary alicyclic amines) is 1. The van der Waals surface area contributed by atoms with Gasteiger partial charge in [-0.25, -0.2) is 4.98 Å². The quantitative estimate of drug-likeness (QED) is 0.710. The van der Waals surface area contributed by atoms with E-state index in [9.17, 15) is 9.18 Å². The van der Waals surface area contributed by atoms with Crippen LogP contribution in [0.4, 0.5) is 4.39 Å². The van der Waals surface area contributed by atoms with Gasteiger partial charge in [0.05, 0.1) is 12.7 Å². The van der Waals surface area contributed by atoms with E-state index in [2.05, 4.69) is 9.97 Å². The molecular weight excluding hydrogens is 347 g/mol. The number of ether oxygens (including phenoxy) is 1. The molecule has 3 aromatic rings. The van der Waals surface area contributed by atoms with Gasteiger partial charge in [-0.3, -0.25) is 14.2 Å². The molecule has 27 heavy (non-hydrogen) atoms. The molecule has 0 N–H and O–H groups in total. The third-order valence-electron chi connectivity index (χ3n) is 4.78. The van der Waals surface area contributed by atoms with Crippen molar-refractivity contribution in [2.75, 3.05) is 13.1 Å². The number of imidazole rings is 1. The second-order valence-electron chi connectivity index (χ2n) is 6.87. The molecule has 1 atom stereocenters. The van der Waals surface area contributed by atoms with Crippen molar-refractivity contribution >= 4 is 11.6 Å². The number of hydrogen-bond donors (Lipinski definition) is 0. The summed E-state index contributed by atoms with van der Waals surface area (Å²) in [7, 11) is 0. The molecule has 6 nitrogen and oxygen atoms in total. The standard InChI is InChI=1S/C20H21FN4O2/c1-14-6-7-17-23-18(19(21)25(17)11-14)20(26)24-9-3-5-16(12-24)27-13-15-4-2-8-22-10-15/h2,4,6-8,10-11,16H,3,5,9,12-13H2,1H3/t16-/m0/s1. The van der Waals surface area contributed by atoms with Crippen molar-refractivity contribution in [2.45, 2.75) is 32.5 Å². The Bertz CT molecular complexity index is 957. The van der Waals surface area contributed by atoms with Crippen LogP contribution < -0.4 is 0 Å². The summed E-state index contributed by atoms with van der Waals surface area (Å²) in [5.41, 5.74) is 2.19. The lowest BCUT2D eigenvalue weighted by Gasteiger charge is -2.32. The third kappa shape index (κ3) is 3.68. The normalized spacial score (nSPS) is 17.4. The maximum Gasteiger partial charge on any atom is 0.277 e. The van der Waals surface area contributed by atoms with Gasteiger partial charge in [-0.15, -0.1) is 0 Å². The molecule has 0 aliphatic carbocycles. The number of carbonyl (C=O) groups excluding carboxylic acids is 1. The van der Waals surface area contributed by atoms with Crippen LogP contribution in [0, 0.1) is 12.9 Å². The molecule has 3 aromatic heterocycles. The van der Waals surface area contributed by atoms with Crippen LogP contribution in [-0.4, -0.2) is 44.4 Å². The fourth-order valence-corrected chi connectivity index (χ4v) is 3.36. The molecule has 1 amide bonds. The van der Waals surface area contributed by atoms with Crippen molar-refractivity contribution < 1.29 is 13.9 Å². The molecular formula is C20H21FN4O2. The minimum Gasteiger partial charge on any atom is -0.372 e. The van der Waals surface area contributed by atoms with E-state index in [1.54, 1.807) is 29.6 Å². The van der Waals surface area contributed by atoms with Gasteiger partial charge in [-0.05, 0) is 43.0 Å². The molecule has 1 fully saturated rings. The number of aryl methyl sites for hydroxylation is 1. The van der Waals surface area contributed by atoms with E-state index in [0.29, 0.717) is 25.3 Å². The number of fused-ring (bicyclic) bond motifs is 1. The van der Waals surface area contributed by atoms with Crippen LogP contribution in [0.5, 0.6) is 0 Å². The van der Waals surface area contributed by atoms with Gasteiger partial charge >= 0.3 is 0 Å². The Kier molecular flexibility index (Phi) is 4.85. The van der Waals surface area contributed by atoms with E-state index in [4.69, 9.17) is 4.74 Å². The first-order valence-corrected chi connectivity index (χ1v) is 9.06. The highest BCUT2D eigenvalue weighted by molar-refractivity contribution is 5.93. The smallest absolute Gasteiger partial charge is 0.277 e.